The van der Waals surface area contributed by atoms with Gasteiger partial charge in [0.25, 0.3) is 0 Å². The smallest absolute Gasteiger partial charge is 0.142 e. The summed E-state index contributed by atoms with van der Waals surface area (Å²) in [4.78, 5) is 2.20. The van der Waals surface area contributed by atoms with Crippen molar-refractivity contribution in [2.45, 2.75) is 31.7 Å². The zero-order chi connectivity index (χ0) is 15.9. The van der Waals surface area contributed by atoms with Crippen molar-refractivity contribution in [3.8, 4) is 0 Å². The molecule has 0 spiro atoms. The number of unbranched alkanes of at least 4 members (excludes halogenated alkanes) is 2. The molecule has 1 fully saturated rings. The summed E-state index contributed by atoms with van der Waals surface area (Å²) in [6.45, 7) is 7.07. The van der Waals surface area contributed by atoms with Crippen LogP contribution in [0.4, 0.5) is 8.78 Å². The van der Waals surface area contributed by atoms with Crippen LogP contribution < -0.4 is 5.32 Å². The fraction of sp³-hybridized carbons (Fsp3) is 0.529. The summed E-state index contributed by atoms with van der Waals surface area (Å²) in [6, 6.07) is 2.10. The molecule has 1 N–H and O–H groups in total. The minimum atomic E-state index is -0.552. The summed E-state index contributed by atoms with van der Waals surface area (Å²) in [6.07, 6.45) is 5.53. The Morgan fingerprint density at radius 1 is 1.23 bits per heavy atom. The molecule has 0 aliphatic carbocycles. The second kappa shape index (κ2) is 8.61. The molecule has 0 aromatic heterocycles. The Kier molecular flexibility index (Phi) is 6.80. The lowest BCUT2D eigenvalue weighted by atomic mass is 9.97. The molecule has 22 heavy (non-hydrogen) atoms. The molecule has 0 bridgehead atoms. The Labute approximate surface area is 136 Å². The molecule has 1 aromatic carbocycles. The number of nitrogens with zero attached hydrogens (tertiary/aromatic N) is 1. The standard InChI is InChI=1S/C17H23ClF2N2/c1-2-3-4-5-6-15(22-11-9-21-10-12-22)16-13(19)7-8-14(20)17(16)18/h2,7-8,15,21H,1,3-6,9-12H2/t15-/m1/s1. The van der Waals surface area contributed by atoms with Gasteiger partial charge in [-0.1, -0.05) is 24.1 Å². The molecule has 1 aromatic rings. The average Bonchev–Trinajstić information content (AvgIpc) is 2.54. The first-order valence-corrected chi connectivity index (χ1v) is 8.22. The molecule has 0 saturated carbocycles. The van der Waals surface area contributed by atoms with Gasteiger partial charge in [0.15, 0.2) is 0 Å². The first-order valence-electron chi connectivity index (χ1n) is 7.84. The summed E-state index contributed by atoms with van der Waals surface area (Å²) < 4.78 is 28.1. The predicted octanol–water partition coefficient (Wildman–Crippen LogP) is 4.31. The predicted molar refractivity (Wildman–Crippen MR) is 87.2 cm³/mol. The fourth-order valence-electron chi connectivity index (χ4n) is 2.98. The maximum Gasteiger partial charge on any atom is 0.142 e. The number of halogens is 3. The minimum absolute atomic E-state index is 0.0766. The van der Waals surface area contributed by atoms with E-state index in [2.05, 4.69) is 16.8 Å². The fourth-order valence-corrected chi connectivity index (χ4v) is 3.26. The molecule has 0 unspecified atom stereocenters. The number of benzene rings is 1. The molecule has 1 saturated heterocycles. The zero-order valence-electron chi connectivity index (χ0n) is 12.8. The Balaban J connectivity index is 2.22. The van der Waals surface area contributed by atoms with Gasteiger partial charge in [-0.2, -0.15) is 0 Å². The van der Waals surface area contributed by atoms with Crippen LogP contribution in [0.3, 0.4) is 0 Å². The highest BCUT2D eigenvalue weighted by Crippen LogP contribution is 2.35. The van der Waals surface area contributed by atoms with Gasteiger partial charge in [-0.15, -0.1) is 6.58 Å². The van der Waals surface area contributed by atoms with Gasteiger partial charge in [0.1, 0.15) is 11.6 Å². The van der Waals surface area contributed by atoms with E-state index in [1.807, 2.05) is 6.08 Å². The van der Waals surface area contributed by atoms with Crippen LogP contribution >= 0.6 is 11.6 Å². The van der Waals surface area contributed by atoms with Crippen LogP contribution in [0, 0.1) is 11.6 Å². The van der Waals surface area contributed by atoms with Crippen molar-refractivity contribution in [3.63, 3.8) is 0 Å². The van der Waals surface area contributed by atoms with Gasteiger partial charge in [-0.3, -0.25) is 4.90 Å². The van der Waals surface area contributed by atoms with Crippen molar-refractivity contribution in [1.82, 2.24) is 10.2 Å². The van der Waals surface area contributed by atoms with Gasteiger partial charge >= 0.3 is 0 Å². The van der Waals surface area contributed by atoms with Gasteiger partial charge in [-0.05, 0) is 31.4 Å². The van der Waals surface area contributed by atoms with E-state index in [0.717, 1.165) is 57.9 Å². The van der Waals surface area contributed by atoms with Crippen LogP contribution in [0.5, 0.6) is 0 Å². The number of hydrogen-bond acceptors (Lipinski definition) is 2. The van der Waals surface area contributed by atoms with Crippen LogP contribution in [0.1, 0.15) is 37.3 Å². The molecule has 0 radical (unpaired) electrons. The van der Waals surface area contributed by atoms with Gasteiger partial charge < -0.3 is 5.32 Å². The number of rotatable bonds is 7. The molecule has 1 atom stereocenters. The van der Waals surface area contributed by atoms with Crippen LogP contribution in [-0.4, -0.2) is 31.1 Å². The highest BCUT2D eigenvalue weighted by Gasteiger charge is 2.27. The Morgan fingerprint density at radius 2 is 1.91 bits per heavy atom. The van der Waals surface area contributed by atoms with Crippen LogP contribution in [0.25, 0.3) is 0 Å². The van der Waals surface area contributed by atoms with E-state index in [4.69, 9.17) is 11.6 Å². The summed E-state index contributed by atoms with van der Waals surface area (Å²) in [5, 5.41) is 3.21. The third-order valence-electron chi connectivity index (χ3n) is 4.14. The molecular weight excluding hydrogens is 306 g/mol. The molecule has 1 aliphatic heterocycles. The van der Waals surface area contributed by atoms with Gasteiger partial charge in [0.05, 0.1) is 5.02 Å². The number of allylic oxidation sites excluding steroid dienone is 1. The van der Waals surface area contributed by atoms with Gasteiger partial charge in [-0.25, -0.2) is 8.78 Å². The third kappa shape index (κ3) is 4.28. The largest absolute Gasteiger partial charge is 0.314 e. The Morgan fingerprint density at radius 3 is 2.59 bits per heavy atom. The quantitative estimate of drug-likeness (QED) is 0.456. The van der Waals surface area contributed by atoms with Crippen molar-refractivity contribution >= 4 is 11.6 Å². The molecule has 0 amide bonds. The third-order valence-corrected chi connectivity index (χ3v) is 4.52. The van der Waals surface area contributed by atoms with Crippen LogP contribution in [0.15, 0.2) is 24.8 Å². The molecule has 1 heterocycles. The second-order valence-corrected chi connectivity index (χ2v) is 6.01. The van der Waals surface area contributed by atoms with E-state index >= 15 is 0 Å². The van der Waals surface area contributed by atoms with Crippen molar-refractivity contribution in [2.75, 3.05) is 26.2 Å². The number of nitrogens with one attached hydrogen (secondary N) is 1. The summed E-state index contributed by atoms with van der Waals surface area (Å²) in [7, 11) is 0. The minimum Gasteiger partial charge on any atom is -0.314 e. The lowest BCUT2D eigenvalue weighted by molar-refractivity contribution is 0.159. The maximum atomic E-state index is 14.3. The van der Waals surface area contributed by atoms with E-state index < -0.39 is 11.6 Å². The normalized spacial score (nSPS) is 17.4. The Bertz CT molecular complexity index is 502. The SMILES string of the molecule is C=CCCCC[C@H](c1c(F)ccc(F)c1Cl)N1CCNCC1. The van der Waals surface area contributed by atoms with E-state index in [1.165, 1.54) is 6.07 Å². The van der Waals surface area contributed by atoms with E-state index in [9.17, 15) is 8.78 Å². The highest BCUT2D eigenvalue weighted by molar-refractivity contribution is 6.31. The van der Waals surface area contributed by atoms with Gasteiger partial charge in [0.2, 0.25) is 0 Å². The summed E-state index contributed by atoms with van der Waals surface area (Å²) in [5.74, 6) is -0.969. The summed E-state index contributed by atoms with van der Waals surface area (Å²) in [5.41, 5.74) is 0.308. The van der Waals surface area contributed by atoms with E-state index in [1.54, 1.807) is 0 Å². The van der Waals surface area contributed by atoms with E-state index in [0.29, 0.717) is 5.56 Å². The number of piperazine rings is 1. The van der Waals surface area contributed by atoms with Crippen molar-refractivity contribution in [1.29, 1.82) is 0 Å². The van der Waals surface area contributed by atoms with Crippen molar-refractivity contribution in [2.24, 2.45) is 0 Å². The molecule has 122 valence electrons. The van der Waals surface area contributed by atoms with Gasteiger partial charge in [0, 0.05) is 37.8 Å². The van der Waals surface area contributed by atoms with Crippen LogP contribution in [-0.2, 0) is 0 Å². The highest BCUT2D eigenvalue weighted by atomic mass is 35.5. The van der Waals surface area contributed by atoms with Crippen LogP contribution in [0.2, 0.25) is 5.02 Å². The topological polar surface area (TPSA) is 15.3 Å². The first kappa shape index (κ1) is 17.4. The zero-order valence-corrected chi connectivity index (χ0v) is 13.5. The van der Waals surface area contributed by atoms with Crippen molar-refractivity contribution < 1.29 is 8.78 Å². The average molecular weight is 329 g/mol. The molecule has 2 nitrogen and oxygen atoms in total. The second-order valence-electron chi connectivity index (χ2n) is 5.63. The first-order chi connectivity index (χ1) is 10.6. The lowest BCUT2D eigenvalue weighted by Crippen LogP contribution is -2.45. The lowest BCUT2D eigenvalue weighted by Gasteiger charge is -2.36. The molecule has 1 aliphatic rings. The number of hydrogen-bond donors (Lipinski definition) is 1. The molecule has 5 heteroatoms. The Hall–Kier alpha value is -0.970. The molecule has 2 rings (SSSR count). The molecular formula is C17H23ClF2N2. The summed E-state index contributed by atoms with van der Waals surface area (Å²) >= 11 is 6.08. The van der Waals surface area contributed by atoms with Crippen molar-refractivity contribution in [3.05, 3.63) is 47.0 Å². The monoisotopic (exact) mass is 328 g/mol. The van der Waals surface area contributed by atoms with E-state index in [-0.39, 0.29) is 11.1 Å². The maximum absolute atomic E-state index is 14.3.